The number of hydrogen-bond donors (Lipinski definition) is 2. The summed E-state index contributed by atoms with van der Waals surface area (Å²) in [5.74, 6) is 1.18. The van der Waals surface area contributed by atoms with Crippen molar-refractivity contribution in [2.24, 2.45) is 0 Å². The maximum Gasteiger partial charge on any atom is 0.255 e. The lowest BCUT2D eigenvalue weighted by molar-refractivity contribution is 0.163. The van der Waals surface area contributed by atoms with E-state index in [1.807, 2.05) is 11.8 Å². The number of alkyl halides is 2. The molecule has 1 saturated heterocycles. The molecular weight excluding hydrogens is 266 g/mol. The Labute approximate surface area is 117 Å². The van der Waals surface area contributed by atoms with Gasteiger partial charge < -0.3 is 15.5 Å². The van der Waals surface area contributed by atoms with Crippen LogP contribution in [0.4, 0.5) is 26.6 Å². The second-order valence-electron chi connectivity index (χ2n) is 4.68. The van der Waals surface area contributed by atoms with Gasteiger partial charge in [0.2, 0.25) is 17.8 Å². The van der Waals surface area contributed by atoms with Crippen molar-refractivity contribution in [3.8, 4) is 0 Å². The predicted octanol–water partition coefficient (Wildman–Crippen LogP) is 1.97. The Morgan fingerprint density at radius 1 is 1.10 bits per heavy atom. The highest BCUT2D eigenvalue weighted by atomic mass is 19.3. The van der Waals surface area contributed by atoms with Crippen LogP contribution in [0.3, 0.4) is 0 Å². The molecule has 0 spiro atoms. The summed E-state index contributed by atoms with van der Waals surface area (Å²) in [6.45, 7) is 4.09. The van der Waals surface area contributed by atoms with Crippen molar-refractivity contribution in [3.63, 3.8) is 0 Å². The lowest BCUT2D eigenvalue weighted by atomic mass is 10.4. The molecule has 0 amide bonds. The zero-order valence-electron chi connectivity index (χ0n) is 11.6. The minimum absolute atomic E-state index is 0.195. The van der Waals surface area contributed by atoms with Crippen molar-refractivity contribution in [1.82, 2.24) is 15.0 Å². The van der Waals surface area contributed by atoms with E-state index in [0.29, 0.717) is 11.9 Å². The van der Waals surface area contributed by atoms with Gasteiger partial charge >= 0.3 is 0 Å². The molecule has 2 heterocycles. The highest BCUT2D eigenvalue weighted by molar-refractivity contribution is 5.44. The van der Waals surface area contributed by atoms with E-state index in [4.69, 9.17) is 0 Å². The summed E-state index contributed by atoms with van der Waals surface area (Å²) in [6, 6.07) is 0. The largest absolute Gasteiger partial charge is 0.354 e. The Hall–Kier alpha value is -1.73. The van der Waals surface area contributed by atoms with Gasteiger partial charge in [-0.25, -0.2) is 8.78 Å². The van der Waals surface area contributed by atoms with Crippen LogP contribution in [-0.2, 0) is 0 Å². The zero-order chi connectivity index (χ0) is 14.4. The van der Waals surface area contributed by atoms with Crippen LogP contribution in [-0.4, -0.2) is 47.6 Å². The molecule has 1 aliphatic heterocycles. The Kier molecular flexibility index (Phi) is 5.25. The molecule has 112 valence electrons. The molecule has 0 saturated carbocycles. The van der Waals surface area contributed by atoms with Crippen molar-refractivity contribution in [2.45, 2.75) is 32.6 Å². The van der Waals surface area contributed by atoms with Crippen LogP contribution in [0.15, 0.2) is 0 Å². The third-order valence-electron chi connectivity index (χ3n) is 2.96. The van der Waals surface area contributed by atoms with Crippen molar-refractivity contribution < 1.29 is 8.78 Å². The minimum Gasteiger partial charge on any atom is -0.354 e. The molecule has 0 unspecified atom stereocenters. The van der Waals surface area contributed by atoms with Crippen LogP contribution in [0.1, 0.15) is 26.2 Å². The van der Waals surface area contributed by atoms with E-state index in [1.54, 1.807) is 0 Å². The van der Waals surface area contributed by atoms with Gasteiger partial charge in [-0.1, -0.05) is 6.92 Å². The molecule has 1 fully saturated rings. The maximum atomic E-state index is 12.3. The highest BCUT2D eigenvalue weighted by Gasteiger charge is 2.17. The number of anilines is 3. The molecule has 0 aliphatic carbocycles. The molecule has 1 aliphatic rings. The Bertz CT molecular complexity index is 422. The van der Waals surface area contributed by atoms with E-state index < -0.39 is 13.0 Å². The monoisotopic (exact) mass is 286 g/mol. The number of nitrogens with one attached hydrogen (secondary N) is 2. The summed E-state index contributed by atoms with van der Waals surface area (Å²) in [5.41, 5.74) is 0. The number of nitrogens with zero attached hydrogens (tertiary/aromatic N) is 4. The maximum absolute atomic E-state index is 12.3. The number of rotatable bonds is 7. The van der Waals surface area contributed by atoms with Gasteiger partial charge in [0.1, 0.15) is 0 Å². The minimum atomic E-state index is -2.44. The average Bonchev–Trinajstić information content (AvgIpc) is 2.97. The first kappa shape index (κ1) is 14.7. The smallest absolute Gasteiger partial charge is 0.255 e. The van der Waals surface area contributed by atoms with Crippen molar-refractivity contribution >= 4 is 17.8 Å². The summed E-state index contributed by atoms with van der Waals surface area (Å²) in [5, 5.41) is 5.62. The Balaban J connectivity index is 2.14. The molecule has 20 heavy (non-hydrogen) atoms. The third-order valence-corrected chi connectivity index (χ3v) is 2.96. The lowest BCUT2D eigenvalue weighted by Crippen LogP contribution is -2.23. The third kappa shape index (κ3) is 4.14. The molecule has 8 heteroatoms. The molecule has 1 aromatic heterocycles. The van der Waals surface area contributed by atoms with Gasteiger partial charge in [-0.2, -0.15) is 15.0 Å². The van der Waals surface area contributed by atoms with Crippen LogP contribution >= 0.6 is 0 Å². The fourth-order valence-electron chi connectivity index (χ4n) is 1.99. The Morgan fingerprint density at radius 3 is 2.35 bits per heavy atom. The van der Waals surface area contributed by atoms with Gasteiger partial charge in [0.25, 0.3) is 6.43 Å². The van der Waals surface area contributed by atoms with E-state index in [0.717, 1.165) is 38.9 Å². The standard InChI is InChI=1S/C12H20F2N6/c1-2-5-15-10-17-11(16-8-9(13)14)19-12(18-10)20-6-3-4-7-20/h9H,2-8H2,1H3,(H2,15,16,17,18,19). The summed E-state index contributed by atoms with van der Waals surface area (Å²) in [6.07, 6.45) is 0.700. The fraction of sp³-hybridized carbons (Fsp3) is 0.750. The van der Waals surface area contributed by atoms with Gasteiger partial charge in [-0.3, -0.25) is 0 Å². The molecule has 0 aromatic carbocycles. The first-order valence-electron chi connectivity index (χ1n) is 6.96. The second-order valence-corrected chi connectivity index (χ2v) is 4.68. The second kappa shape index (κ2) is 7.16. The summed E-state index contributed by atoms with van der Waals surface area (Å²) >= 11 is 0. The van der Waals surface area contributed by atoms with Crippen LogP contribution in [0.25, 0.3) is 0 Å². The lowest BCUT2D eigenvalue weighted by Gasteiger charge is -2.17. The van der Waals surface area contributed by atoms with Crippen LogP contribution in [0, 0.1) is 0 Å². The molecule has 2 rings (SSSR count). The SMILES string of the molecule is CCCNc1nc(NCC(F)F)nc(N2CCCC2)n1. The van der Waals surface area contributed by atoms with E-state index in [-0.39, 0.29) is 5.95 Å². The molecule has 6 nitrogen and oxygen atoms in total. The van der Waals surface area contributed by atoms with Crippen molar-refractivity contribution in [1.29, 1.82) is 0 Å². The summed E-state index contributed by atoms with van der Waals surface area (Å²) in [7, 11) is 0. The molecule has 1 aromatic rings. The van der Waals surface area contributed by atoms with Crippen molar-refractivity contribution in [3.05, 3.63) is 0 Å². The van der Waals surface area contributed by atoms with Crippen molar-refractivity contribution in [2.75, 3.05) is 41.7 Å². The predicted molar refractivity (Wildman–Crippen MR) is 74.5 cm³/mol. The van der Waals surface area contributed by atoms with E-state index in [9.17, 15) is 8.78 Å². The van der Waals surface area contributed by atoms with Crippen LogP contribution in [0.2, 0.25) is 0 Å². The summed E-state index contributed by atoms with van der Waals surface area (Å²) < 4.78 is 24.5. The zero-order valence-corrected chi connectivity index (χ0v) is 11.6. The normalized spacial score (nSPS) is 14.9. The van der Waals surface area contributed by atoms with E-state index >= 15 is 0 Å². The highest BCUT2D eigenvalue weighted by Crippen LogP contribution is 2.18. The molecule has 0 bridgehead atoms. The van der Waals surface area contributed by atoms with E-state index in [1.165, 1.54) is 0 Å². The van der Waals surface area contributed by atoms with Gasteiger partial charge in [-0.15, -0.1) is 0 Å². The van der Waals surface area contributed by atoms with Gasteiger partial charge in [-0.05, 0) is 19.3 Å². The fourth-order valence-corrected chi connectivity index (χ4v) is 1.99. The van der Waals surface area contributed by atoms with Gasteiger partial charge in [0.15, 0.2) is 0 Å². The molecular formula is C12H20F2N6. The van der Waals surface area contributed by atoms with E-state index in [2.05, 4.69) is 25.6 Å². The molecule has 2 N–H and O–H groups in total. The first-order valence-corrected chi connectivity index (χ1v) is 6.96. The quantitative estimate of drug-likeness (QED) is 0.799. The Morgan fingerprint density at radius 2 is 1.75 bits per heavy atom. The number of hydrogen-bond acceptors (Lipinski definition) is 6. The van der Waals surface area contributed by atoms with Gasteiger partial charge in [0, 0.05) is 19.6 Å². The molecule has 0 atom stereocenters. The number of aromatic nitrogens is 3. The first-order chi connectivity index (χ1) is 9.69. The molecule has 0 radical (unpaired) electrons. The average molecular weight is 286 g/mol. The topological polar surface area (TPSA) is 66.0 Å². The number of halogens is 2. The van der Waals surface area contributed by atoms with Gasteiger partial charge in [0.05, 0.1) is 6.54 Å². The van der Waals surface area contributed by atoms with Crippen LogP contribution < -0.4 is 15.5 Å². The summed E-state index contributed by atoms with van der Waals surface area (Å²) in [4.78, 5) is 14.7. The van der Waals surface area contributed by atoms with Crippen LogP contribution in [0.5, 0.6) is 0 Å².